The standard InChI is InChI=1S/C18H15Cl2N3O2/c19-13-3-1-2-12(8-13)6-7-21-17(24)10-23-11-22-16-9-14(20)4-5-15(16)18(23)25/h1-5,8-9,11H,6-7,10H2,(H,21,24). The molecule has 25 heavy (non-hydrogen) atoms. The molecule has 1 N–H and O–H groups in total. The second-order valence-corrected chi connectivity index (χ2v) is 6.44. The highest BCUT2D eigenvalue weighted by Gasteiger charge is 2.08. The number of nitrogens with zero attached hydrogens (tertiary/aromatic N) is 2. The van der Waals surface area contributed by atoms with Crippen LogP contribution >= 0.6 is 23.2 Å². The van der Waals surface area contributed by atoms with Gasteiger partial charge in [-0.25, -0.2) is 4.98 Å². The van der Waals surface area contributed by atoms with Crippen molar-refractivity contribution in [2.75, 3.05) is 6.54 Å². The number of aromatic nitrogens is 2. The number of nitrogens with one attached hydrogen (secondary N) is 1. The van der Waals surface area contributed by atoms with E-state index in [1.165, 1.54) is 10.9 Å². The molecule has 0 aliphatic carbocycles. The Morgan fingerprint density at radius 2 is 1.92 bits per heavy atom. The minimum Gasteiger partial charge on any atom is -0.354 e. The van der Waals surface area contributed by atoms with E-state index in [0.717, 1.165) is 5.56 Å². The average molecular weight is 376 g/mol. The second-order valence-electron chi connectivity index (χ2n) is 5.57. The second kappa shape index (κ2) is 7.68. The van der Waals surface area contributed by atoms with Gasteiger partial charge in [0.05, 0.1) is 17.2 Å². The number of amides is 1. The zero-order chi connectivity index (χ0) is 17.8. The Morgan fingerprint density at radius 3 is 2.72 bits per heavy atom. The molecule has 0 fully saturated rings. The van der Waals surface area contributed by atoms with Crippen molar-refractivity contribution >= 4 is 40.0 Å². The normalized spacial score (nSPS) is 10.8. The quantitative estimate of drug-likeness (QED) is 0.745. The third-order valence-corrected chi connectivity index (χ3v) is 4.20. The van der Waals surface area contributed by atoms with Gasteiger partial charge in [0.2, 0.25) is 5.91 Å². The lowest BCUT2D eigenvalue weighted by atomic mass is 10.1. The number of hydrogen-bond donors (Lipinski definition) is 1. The van der Waals surface area contributed by atoms with Crippen LogP contribution in [0.1, 0.15) is 5.56 Å². The molecule has 0 saturated carbocycles. The molecule has 7 heteroatoms. The van der Waals surface area contributed by atoms with Crippen molar-refractivity contribution in [3.05, 3.63) is 74.8 Å². The van der Waals surface area contributed by atoms with Gasteiger partial charge in [-0.05, 0) is 42.3 Å². The van der Waals surface area contributed by atoms with Crippen LogP contribution in [-0.2, 0) is 17.8 Å². The Hall–Kier alpha value is -2.37. The number of fused-ring (bicyclic) bond motifs is 1. The first-order chi connectivity index (χ1) is 12.0. The zero-order valence-corrected chi connectivity index (χ0v) is 14.7. The van der Waals surface area contributed by atoms with Crippen LogP contribution in [0.2, 0.25) is 10.0 Å². The van der Waals surface area contributed by atoms with Gasteiger partial charge >= 0.3 is 0 Å². The Balaban J connectivity index is 1.63. The lowest BCUT2D eigenvalue weighted by Gasteiger charge is -2.08. The molecule has 1 aromatic heterocycles. The fourth-order valence-corrected chi connectivity index (χ4v) is 2.87. The summed E-state index contributed by atoms with van der Waals surface area (Å²) in [5.41, 5.74) is 1.27. The minimum atomic E-state index is -0.272. The maximum Gasteiger partial charge on any atom is 0.261 e. The van der Waals surface area contributed by atoms with Gasteiger partial charge in [-0.3, -0.25) is 14.2 Å². The molecule has 0 aliphatic rings. The van der Waals surface area contributed by atoms with Gasteiger partial charge in [0.1, 0.15) is 6.54 Å². The van der Waals surface area contributed by atoms with Crippen LogP contribution in [0.25, 0.3) is 10.9 Å². The molecule has 5 nitrogen and oxygen atoms in total. The summed E-state index contributed by atoms with van der Waals surface area (Å²) in [7, 11) is 0. The van der Waals surface area contributed by atoms with Crippen LogP contribution in [-0.4, -0.2) is 22.0 Å². The first-order valence-corrected chi connectivity index (χ1v) is 8.44. The van der Waals surface area contributed by atoms with Gasteiger partial charge < -0.3 is 5.32 Å². The third kappa shape index (κ3) is 4.38. The van der Waals surface area contributed by atoms with Crippen LogP contribution in [0.15, 0.2) is 53.6 Å². The number of benzene rings is 2. The van der Waals surface area contributed by atoms with Crippen molar-refractivity contribution in [1.29, 1.82) is 0 Å². The van der Waals surface area contributed by atoms with E-state index in [9.17, 15) is 9.59 Å². The molecule has 0 radical (unpaired) electrons. The number of rotatable bonds is 5. The Morgan fingerprint density at radius 1 is 1.12 bits per heavy atom. The fraction of sp³-hybridized carbons (Fsp3) is 0.167. The van der Waals surface area contributed by atoms with Crippen molar-refractivity contribution in [2.24, 2.45) is 0 Å². The maximum absolute atomic E-state index is 12.4. The summed E-state index contributed by atoms with van der Waals surface area (Å²) in [4.78, 5) is 28.6. The SMILES string of the molecule is O=C(Cn1cnc2cc(Cl)ccc2c1=O)NCCc1cccc(Cl)c1. The van der Waals surface area contributed by atoms with Crippen molar-refractivity contribution in [3.8, 4) is 0 Å². The van der Waals surface area contributed by atoms with Crippen molar-refractivity contribution in [1.82, 2.24) is 14.9 Å². The molecule has 3 rings (SSSR count). The van der Waals surface area contributed by atoms with Gasteiger partial charge in [0, 0.05) is 16.6 Å². The molecular weight excluding hydrogens is 361 g/mol. The largest absolute Gasteiger partial charge is 0.354 e. The highest BCUT2D eigenvalue weighted by molar-refractivity contribution is 6.31. The molecule has 2 aromatic carbocycles. The highest BCUT2D eigenvalue weighted by atomic mass is 35.5. The van der Waals surface area contributed by atoms with E-state index in [0.29, 0.717) is 33.9 Å². The molecule has 0 bridgehead atoms. The van der Waals surface area contributed by atoms with Crippen molar-refractivity contribution in [2.45, 2.75) is 13.0 Å². The van der Waals surface area contributed by atoms with Crippen LogP contribution in [0.3, 0.4) is 0 Å². The summed E-state index contributed by atoms with van der Waals surface area (Å²) in [5.74, 6) is -0.251. The van der Waals surface area contributed by atoms with Crippen molar-refractivity contribution < 1.29 is 4.79 Å². The molecule has 3 aromatic rings. The number of carbonyl (C=O) groups excluding carboxylic acids is 1. The topological polar surface area (TPSA) is 64.0 Å². The van der Waals surface area contributed by atoms with E-state index in [-0.39, 0.29) is 18.0 Å². The molecule has 128 valence electrons. The maximum atomic E-state index is 12.4. The number of hydrogen-bond acceptors (Lipinski definition) is 3. The molecule has 0 atom stereocenters. The fourth-order valence-electron chi connectivity index (χ4n) is 2.49. The van der Waals surface area contributed by atoms with E-state index in [1.807, 2.05) is 18.2 Å². The molecule has 0 unspecified atom stereocenters. The van der Waals surface area contributed by atoms with Gasteiger partial charge in [0.15, 0.2) is 0 Å². The molecule has 0 aliphatic heterocycles. The first-order valence-electron chi connectivity index (χ1n) is 7.69. The van der Waals surface area contributed by atoms with E-state index < -0.39 is 0 Å². The Kier molecular flexibility index (Phi) is 5.36. The summed E-state index contributed by atoms with van der Waals surface area (Å²) < 4.78 is 1.28. The first kappa shape index (κ1) is 17.5. The lowest BCUT2D eigenvalue weighted by Crippen LogP contribution is -2.33. The molecule has 0 spiro atoms. The van der Waals surface area contributed by atoms with Crippen LogP contribution < -0.4 is 10.9 Å². The number of halogens is 2. The smallest absolute Gasteiger partial charge is 0.261 e. The van der Waals surface area contributed by atoms with Crippen LogP contribution in [0.4, 0.5) is 0 Å². The molecule has 0 saturated heterocycles. The summed E-state index contributed by atoms with van der Waals surface area (Å²) in [6.07, 6.45) is 2.02. The molecule has 1 heterocycles. The monoisotopic (exact) mass is 375 g/mol. The van der Waals surface area contributed by atoms with Gasteiger partial charge in [-0.15, -0.1) is 0 Å². The molecule has 1 amide bonds. The van der Waals surface area contributed by atoms with Crippen LogP contribution in [0, 0.1) is 0 Å². The predicted octanol–water partition coefficient (Wildman–Crippen LogP) is 3.06. The predicted molar refractivity (Wildman–Crippen MR) is 99.2 cm³/mol. The van der Waals surface area contributed by atoms with E-state index >= 15 is 0 Å². The number of carbonyl (C=O) groups is 1. The average Bonchev–Trinajstić information content (AvgIpc) is 2.57. The van der Waals surface area contributed by atoms with E-state index in [4.69, 9.17) is 23.2 Å². The Bertz CT molecular complexity index is 985. The van der Waals surface area contributed by atoms with E-state index in [2.05, 4.69) is 10.3 Å². The van der Waals surface area contributed by atoms with Gasteiger partial charge in [0.25, 0.3) is 5.56 Å². The van der Waals surface area contributed by atoms with Gasteiger partial charge in [-0.2, -0.15) is 0 Å². The van der Waals surface area contributed by atoms with Crippen LogP contribution in [0.5, 0.6) is 0 Å². The summed E-state index contributed by atoms with van der Waals surface area (Å²) in [6.45, 7) is 0.379. The summed E-state index contributed by atoms with van der Waals surface area (Å²) >= 11 is 11.8. The highest BCUT2D eigenvalue weighted by Crippen LogP contribution is 2.14. The summed E-state index contributed by atoms with van der Waals surface area (Å²) in [6, 6.07) is 12.3. The van der Waals surface area contributed by atoms with E-state index in [1.54, 1.807) is 24.3 Å². The zero-order valence-electron chi connectivity index (χ0n) is 13.2. The summed E-state index contributed by atoms with van der Waals surface area (Å²) in [5, 5.41) is 4.40. The minimum absolute atomic E-state index is 0.0834. The molecular formula is C18H15Cl2N3O2. The van der Waals surface area contributed by atoms with Gasteiger partial charge in [-0.1, -0.05) is 35.3 Å². The Labute approximate surface area is 154 Å². The third-order valence-electron chi connectivity index (χ3n) is 3.73. The van der Waals surface area contributed by atoms with Crippen molar-refractivity contribution in [3.63, 3.8) is 0 Å². The lowest BCUT2D eigenvalue weighted by molar-refractivity contribution is -0.121.